The standard InChI is InChI=1S/C15H26N2O/c1-5-14(6-2)17(10-12(3)4)15-7-8-16-9-13(15)11-18/h7-9,12,14,18H,5-6,10-11H2,1-4H3. The van der Waals surface area contributed by atoms with Crippen molar-refractivity contribution >= 4 is 5.69 Å². The van der Waals surface area contributed by atoms with Crippen LogP contribution in [0.3, 0.4) is 0 Å². The molecule has 0 aliphatic rings. The Morgan fingerprint density at radius 1 is 1.28 bits per heavy atom. The maximum absolute atomic E-state index is 9.46. The van der Waals surface area contributed by atoms with Gasteiger partial charge in [-0.05, 0) is 24.8 Å². The van der Waals surface area contributed by atoms with E-state index in [0.717, 1.165) is 30.6 Å². The molecule has 18 heavy (non-hydrogen) atoms. The topological polar surface area (TPSA) is 36.4 Å². The molecular weight excluding hydrogens is 224 g/mol. The van der Waals surface area contributed by atoms with Crippen LogP contribution in [0.15, 0.2) is 18.5 Å². The quantitative estimate of drug-likeness (QED) is 0.807. The molecule has 0 fully saturated rings. The van der Waals surface area contributed by atoms with E-state index in [9.17, 15) is 5.11 Å². The first-order chi connectivity index (χ1) is 8.63. The molecule has 0 aliphatic heterocycles. The van der Waals surface area contributed by atoms with Gasteiger partial charge in [-0.3, -0.25) is 4.98 Å². The van der Waals surface area contributed by atoms with Crippen LogP contribution in [0.2, 0.25) is 0 Å². The zero-order valence-corrected chi connectivity index (χ0v) is 12.1. The summed E-state index contributed by atoms with van der Waals surface area (Å²) in [4.78, 5) is 6.53. The lowest BCUT2D eigenvalue weighted by atomic mass is 10.0. The predicted molar refractivity (Wildman–Crippen MR) is 76.7 cm³/mol. The van der Waals surface area contributed by atoms with Crippen molar-refractivity contribution in [2.75, 3.05) is 11.4 Å². The average molecular weight is 250 g/mol. The second kappa shape index (κ2) is 7.37. The summed E-state index contributed by atoms with van der Waals surface area (Å²) in [6, 6.07) is 2.55. The first kappa shape index (κ1) is 15.0. The molecule has 0 atom stereocenters. The van der Waals surface area contributed by atoms with E-state index in [0.29, 0.717) is 12.0 Å². The van der Waals surface area contributed by atoms with E-state index in [2.05, 4.69) is 37.6 Å². The molecule has 1 aromatic rings. The molecule has 0 aliphatic carbocycles. The number of hydrogen-bond acceptors (Lipinski definition) is 3. The molecule has 1 aromatic heterocycles. The number of aliphatic hydroxyl groups excluding tert-OH is 1. The van der Waals surface area contributed by atoms with Crippen LogP contribution in [-0.2, 0) is 6.61 Å². The van der Waals surface area contributed by atoms with Gasteiger partial charge in [0.2, 0.25) is 0 Å². The zero-order valence-electron chi connectivity index (χ0n) is 12.1. The van der Waals surface area contributed by atoms with Crippen LogP contribution in [-0.4, -0.2) is 22.7 Å². The Hall–Kier alpha value is -1.09. The highest BCUT2D eigenvalue weighted by molar-refractivity contribution is 5.52. The molecule has 1 rings (SSSR count). The number of hydrogen-bond donors (Lipinski definition) is 1. The van der Waals surface area contributed by atoms with Gasteiger partial charge < -0.3 is 10.0 Å². The number of rotatable bonds is 7. The van der Waals surface area contributed by atoms with Crippen LogP contribution in [0.4, 0.5) is 5.69 Å². The van der Waals surface area contributed by atoms with Crippen LogP contribution < -0.4 is 4.90 Å². The summed E-state index contributed by atoms with van der Waals surface area (Å²) < 4.78 is 0. The Bertz CT molecular complexity index is 348. The Labute approximate surface area is 111 Å². The monoisotopic (exact) mass is 250 g/mol. The summed E-state index contributed by atoms with van der Waals surface area (Å²) >= 11 is 0. The van der Waals surface area contributed by atoms with Crippen LogP contribution >= 0.6 is 0 Å². The molecule has 0 saturated carbocycles. The van der Waals surface area contributed by atoms with Crippen LogP contribution in [0.25, 0.3) is 0 Å². The number of nitrogens with zero attached hydrogens (tertiary/aromatic N) is 2. The molecule has 1 heterocycles. The van der Waals surface area contributed by atoms with E-state index < -0.39 is 0 Å². The van der Waals surface area contributed by atoms with Crippen LogP contribution in [0.1, 0.15) is 46.1 Å². The smallest absolute Gasteiger partial charge is 0.0717 e. The highest BCUT2D eigenvalue weighted by atomic mass is 16.3. The fourth-order valence-corrected chi connectivity index (χ4v) is 2.39. The van der Waals surface area contributed by atoms with Gasteiger partial charge in [-0.15, -0.1) is 0 Å². The average Bonchev–Trinajstić information content (AvgIpc) is 2.38. The molecule has 0 amide bonds. The first-order valence-corrected chi connectivity index (χ1v) is 6.94. The third kappa shape index (κ3) is 3.70. The first-order valence-electron chi connectivity index (χ1n) is 6.94. The zero-order chi connectivity index (χ0) is 13.5. The Morgan fingerprint density at radius 2 is 1.94 bits per heavy atom. The second-order valence-electron chi connectivity index (χ2n) is 5.18. The van der Waals surface area contributed by atoms with Gasteiger partial charge in [0.15, 0.2) is 0 Å². The van der Waals surface area contributed by atoms with Crippen LogP contribution in [0.5, 0.6) is 0 Å². The summed E-state index contributed by atoms with van der Waals surface area (Å²) in [7, 11) is 0. The summed E-state index contributed by atoms with van der Waals surface area (Å²) in [5.74, 6) is 0.602. The molecule has 3 nitrogen and oxygen atoms in total. The van der Waals surface area contributed by atoms with Crippen molar-refractivity contribution in [1.29, 1.82) is 0 Å². The fourth-order valence-electron chi connectivity index (χ4n) is 2.39. The lowest BCUT2D eigenvalue weighted by molar-refractivity contribution is 0.281. The Kier molecular flexibility index (Phi) is 6.13. The summed E-state index contributed by atoms with van der Waals surface area (Å²) in [6.45, 7) is 9.98. The van der Waals surface area contributed by atoms with Crippen molar-refractivity contribution in [2.24, 2.45) is 5.92 Å². The Morgan fingerprint density at radius 3 is 2.44 bits per heavy atom. The van der Waals surface area contributed by atoms with E-state index in [1.165, 1.54) is 0 Å². The highest BCUT2D eigenvalue weighted by Crippen LogP contribution is 2.25. The SMILES string of the molecule is CCC(CC)N(CC(C)C)c1ccncc1CO. The van der Waals surface area contributed by atoms with Gasteiger partial charge in [0.05, 0.1) is 6.61 Å². The molecular formula is C15H26N2O. The summed E-state index contributed by atoms with van der Waals surface area (Å²) in [5, 5.41) is 9.46. The third-order valence-electron chi connectivity index (χ3n) is 3.30. The Balaban J connectivity index is 3.07. The fraction of sp³-hybridized carbons (Fsp3) is 0.667. The maximum Gasteiger partial charge on any atom is 0.0717 e. The molecule has 102 valence electrons. The molecule has 0 bridgehead atoms. The van der Waals surface area contributed by atoms with Gasteiger partial charge in [0, 0.05) is 36.2 Å². The molecule has 1 N–H and O–H groups in total. The normalized spacial score (nSPS) is 11.3. The van der Waals surface area contributed by atoms with Crippen molar-refractivity contribution < 1.29 is 5.11 Å². The molecule has 3 heteroatoms. The summed E-state index contributed by atoms with van der Waals surface area (Å²) in [5.41, 5.74) is 2.06. The minimum atomic E-state index is 0.0535. The third-order valence-corrected chi connectivity index (χ3v) is 3.30. The number of aliphatic hydroxyl groups is 1. The van der Waals surface area contributed by atoms with Gasteiger partial charge in [0.25, 0.3) is 0 Å². The minimum absolute atomic E-state index is 0.0535. The van der Waals surface area contributed by atoms with Crippen molar-refractivity contribution in [2.45, 2.75) is 53.2 Å². The van der Waals surface area contributed by atoms with Gasteiger partial charge in [-0.25, -0.2) is 0 Å². The second-order valence-corrected chi connectivity index (χ2v) is 5.18. The lowest BCUT2D eigenvalue weighted by Gasteiger charge is -2.35. The van der Waals surface area contributed by atoms with Crippen molar-refractivity contribution in [3.63, 3.8) is 0 Å². The maximum atomic E-state index is 9.46. The number of anilines is 1. The van der Waals surface area contributed by atoms with E-state index in [-0.39, 0.29) is 6.61 Å². The minimum Gasteiger partial charge on any atom is -0.392 e. The van der Waals surface area contributed by atoms with Crippen molar-refractivity contribution in [1.82, 2.24) is 4.98 Å². The van der Waals surface area contributed by atoms with Gasteiger partial charge in [-0.2, -0.15) is 0 Å². The van der Waals surface area contributed by atoms with E-state index in [4.69, 9.17) is 0 Å². The largest absolute Gasteiger partial charge is 0.392 e. The molecule has 0 radical (unpaired) electrons. The molecule has 0 spiro atoms. The molecule has 0 saturated heterocycles. The van der Waals surface area contributed by atoms with Gasteiger partial charge >= 0.3 is 0 Å². The molecule has 0 aromatic carbocycles. The highest BCUT2D eigenvalue weighted by Gasteiger charge is 2.19. The van der Waals surface area contributed by atoms with Gasteiger partial charge in [-0.1, -0.05) is 27.7 Å². The number of aromatic nitrogens is 1. The van der Waals surface area contributed by atoms with Gasteiger partial charge in [0.1, 0.15) is 0 Å². The van der Waals surface area contributed by atoms with Crippen LogP contribution in [0, 0.1) is 5.92 Å². The molecule has 0 unspecified atom stereocenters. The lowest BCUT2D eigenvalue weighted by Crippen LogP contribution is -2.38. The van der Waals surface area contributed by atoms with E-state index in [1.54, 1.807) is 6.20 Å². The number of pyridine rings is 1. The van der Waals surface area contributed by atoms with Crippen molar-refractivity contribution in [3.05, 3.63) is 24.0 Å². The van der Waals surface area contributed by atoms with Crippen molar-refractivity contribution in [3.8, 4) is 0 Å². The van der Waals surface area contributed by atoms with E-state index >= 15 is 0 Å². The predicted octanol–water partition coefficient (Wildman–Crippen LogP) is 3.22. The van der Waals surface area contributed by atoms with E-state index in [1.807, 2.05) is 12.3 Å². The summed E-state index contributed by atoms with van der Waals surface area (Å²) in [6.07, 6.45) is 5.82.